The first-order valence-corrected chi connectivity index (χ1v) is 7.56. The molecule has 3 rings (SSSR count). The number of imidazole rings is 1. The van der Waals surface area contributed by atoms with Crippen molar-refractivity contribution in [2.45, 2.75) is 12.8 Å². The van der Waals surface area contributed by atoms with Gasteiger partial charge in [-0.2, -0.15) is 0 Å². The number of aromatic amines is 1. The highest BCUT2D eigenvalue weighted by Gasteiger charge is 2.04. The minimum Gasteiger partial charge on any atom is -0.497 e. The molecule has 1 heterocycles. The maximum Gasteiger partial charge on any atom is 0.118 e. The first-order chi connectivity index (χ1) is 11.3. The number of nitrogens with one attached hydrogen (secondary N) is 1. The summed E-state index contributed by atoms with van der Waals surface area (Å²) in [5.41, 5.74) is 3.46. The molecule has 0 unspecified atom stereocenters. The van der Waals surface area contributed by atoms with Crippen molar-refractivity contribution in [1.82, 2.24) is 9.97 Å². The molecule has 0 spiro atoms. The van der Waals surface area contributed by atoms with E-state index in [0.29, 0.717) is 0 Å². The number of H-pyrrole nitrogens is 1. The Morgan fingerprint density at radius 1 is 0.783 bits per heavy atom. The zero-order valence-electron chi connectivity index (χ0n) is 13.4. The second-order valence-corrected chi connectivity index (χ2v) is 5.39. The van der Waals surface area contributed by atoms with E-state index in [1.807, 2.05) is 30.5 Å². The van der Waals surface area contributed by atoms with Gasteiger partial charge in [-0.1, -0.05) is 24.3 Å². The van der Waals surface area contributed by atoms with E-state index in [2.05, 4.69) is 34.2 Å². The Hall–Kier alpha value is -2.75. The summed E-state index contributed by atoms with van der Waals surface area (Å²) in [6.07, 6.45) is 3.57. The van der Waals surface area contributed by atoms with Crippen LogP contribution in [0, 0.1) is 0 Å². The highest BCUT2D eigenvalue weighted by Crippen LogP contribution is 2.16. The van der Waals surface area contributed by atoms with Crippen molar-refractivity contribution in [2.24, 2.45) is 0 Å². The fourth-order valence-electron chi connectivity index (χ4n) is 2.47. The van der Waals surface area contributed by atoms with Gasteiger partial charge in [0.05, 0.1) is 19.9 Å². The van der Waals surface area contributed by atoms with E-state index in [1.165, 1.54) is 11.1 Å². The van der Waals surface area contributed by atoms with Gasteiger partial charge in [-0.15, -0.1) is 0 Å². The number of methoxy groups -OCH3 is 2. The van der Waals surface area contributed by atoms with Crippen molar-refractivity contribution in [3.8, 4) is 11.5 Å². The van der Waals surface area contributed by atoms with Gasteiger partial charge >= 0.3 is 0 Å². The van der Waals surface area contributed by atoms with E-state index in [0.717, 1.165) is 35.9 Å². The molecular formula is C19H20N2O2. The van der Waals surface area contributed by atoms with E-state index < -0.39 is 0 Å². The third-order valence-electron chi connectivity index (χ3n) is 3.76. The Labute approximate surface area is 136 Å². The van der Waals surface area contributed by atoms with Gasteiger partial charge < -0.3 is 14.5 Å². The van der Waals surface area contributed by atoms with Gasteiger partial charge in [-0.25, -0.2) is 4.98 Å². The molecule has 0 bridgehead atoms. The summed E-state index contributed by atoms with van der Waals surface area (Å²) in [6.45, 7) is 0. The molecule has 0 atom stereocenters. The molecule has 0 aliphatic rings. The average Bonchev–Trinajstić information content (AvgIpc) is 3.03. The number of rotatable bonds is 6. The first-order valence-electron chi connectivity index (χ1n) is 7.56. The number of benzene rings is 2. The lowest BCUT2D eigenvalue weighted by molar-refractivity contribution is 0.414. The van der Waals surface area contributed by atoms with E-state index in [1.54, 1.807) is 14.2 Å². The zero-order valence-corrected chi connectivity index (χ0v) is 13.4. The van der Waals surface area contributed by atoms with E-state index in [-0.39, 0.29) is 0 Å². The van der Waals surface area contributed by atoms with Crippen LogP contribution in [-0.2, 0) is 12.8 Å². The molecule has 1 aromatic heterocycles. The molecule has 2 aromatic carbocycles. The Balaban J connectivity index is 1.64. The van der Waals surface area contributed by atoms with Crippen LogP contribution in [0.2, 0.25) is 0 Å². The number of aromatic nitrogens is 2. The molecule has 0 aliphatic carbocycles. The third-order valence-corrected chi connectivity index (χ3v) is 3.76. The summed E-state index contributed by atoms with van der Waals surface area (Å²) >= 11 is 0. The molecule has 0 aliphatic heterocycles. The lowest BCUT2D eigenvalue weighted by Crippen LogP contribution is -1.93. The van der Waals surface area contributed by atoms with Gasteiger partial charge in [-0.3, -0.25) is 0 Å². The third kappa shape index (κ3) is 3.92. The fourth-order valence-corrected chi connectivity index (χ4v) is 2.47. The highest BCUT2D eigenvalue weighted by molar-refractivity contribution is 5.31. The van der Waals surface area contributed by atoms with E-state index >= 15 is 0 Å². The smallest absolute Gasteiger partial charge is 0.118 e. The number of hydrogen-bond donors (Lipinski definition) is 1. The van der Waals surface area contributed by atoms with Crippen molar-refractivity contribution in [2.75, 3.05) is 14.2 Å². The number of nitrogens with zero attached hydrogens (tertiary/aromatic N) is 1. The second kappa shape index (κ2) is 7.01. The normalized spacial score (nSPS) is 10.5. The van der Waals surface area contributed by atoms with Gasteiger partial charge in [0.1, 0.15) is 17.3 Å². The van der Waals surface area contributed by atoms with Crippen molar-refractivity contribution in [1.29, 1.82) is 0 Å². The topological polar surface area (TPSA) is 47.1 Å². The minimum absolute atomic E-state index is 0.784. The van der Waals surface area contributed by atoms with Crippen molar-refractivity contribution in [3.63, 3.8) is 0 Å². The SMILES string of the molecule is COc1ccc(Cc2c[nH]c(Cc3ccc(OC)cc3)n2)cc1. The van der Waals surface area contributed by atoms with Crippen LogP contribution in [0.25, 0.3) is 0 Å². The van der Waals surface area contributed by atoms with Crippen molar-refractivity contribution in [3.05, 3.63) is 77.4 Å². The molecule has 4 nitrogen and oxygen atoms in total. The molecule has 0 radical (unpaired) electrons. The summed E-state index contributed by atoms with van der Waals surface area (Å²) in [5, 5.41) is 0. The molecule has 3 aromatic rings. The van der Waals surface area contributed by atoms with Crippen LogP contribution < -0.4 is 9.47 Å². The summed E-state index contributed by atoms with van der Waals surface area (Å²) in [4.78, 5) is 7.93. The van der Waals surface area contributed by atoms with Gasteiger partial charge in [0.25, 0.3) is 0 Å². The van der Waals surface area contributed by atoms with Crippen LogP contribution in [0.5, 0.6) is 11.5 Å². The standard InChI is InChI=1S/C19H20N2O2/c1-22-17-7-3-14(4-8-17)11-16-13-20-19(21-16)12-15-5-9-18(23-2)10-6-15/h3-10,13H,11-12H2,1-2H3,(H,20,21). The van der Waals surface area contributed by atoms with Crippen LogP contribution in [0.4, 0.5) is 0 Å². The van der Waals surface area contributed by atoms with Crippen LogP contribution in [0.3, 0.4) is 0 Å². The molecule has 23 heavy (non-hydrogen) atoms. The van der Waals surface area contributed by atoms with Gasteiger partial charge in [-0.05, 0) is 35.4 Å². The Kier molecular flexibility index (Phi) is 4.62. The van der Waals surface area contributed by atoms with Crippen LogP contribution in [0.1, 0.15) is 22.6 Å². The molecule has 0 fully saturated rings. The highest BCUT2D eigenvalue weighted by atomic mass is 16.5. The van der Waals surface area contributed by atoms with Crippen LogP contribution >= 0.6 is 0 Å². The maximum absolute atomic E-state index is 5.18. The Morgan fingerprint density at radius 3 is 1.83 bits per heavy atom. The first kappa shape index (κ1) is 15.2. The molecular weight excluding hydrogens is 288 g/mol. The van der Waals surface area contributed by atoms with Gasteiger partial charge in [0.15, 0.2) is 0 Å². The second-order valence-electron chi connectivity index (χ2n) is 5.39. The predicted molar refractivity (Wildman–Crippen MR) is 90.2 cm³/mol. The van der Waals surface area contributed by atoms with E-state index in [9.17, 15) is 0 Å². The monoisotopic (exact) mass is 308 g/mol. The van der Waals surface area contributed by atoms with Crippen LogP contribution in [0.15, 0.2) is 54.7 Å². The number of ether oxygens (including phenoxy) is 2. The van der Waals surface area contributed by atoms with Crippen molar-refractivity contribution < 1.29 is 9.47 Å². The maximum atomic E-state index is 5.18. The molecule has 0 saturated heterocycles. The number of hydrogen-bond acceptors (Lipinski definition) is 3. The zero-order chi connectivity index (χ0) is 16.1. The van der Waals surface area contributed by atoms with Gasteiger partial charge in [0.2, 0.25) is 0 Å². The Morgan fingerprint density at radius 2 is 1.30 bits per heavy atom. The summed E-state index contributed by atoms with van der Waals surface area (Å²) < 4.78 is 10.3. The lowest BCUT2D eigenvalue weighted by atomic mass is 10.1. The van der Waals surface area contributed by atoms with E-state index in [4.69, 9.17) is 9.47 Å². The summed E-state index contributed by atoms with van der Waals surface area (Å²) in [7, 11) is 3.35. The Bertz CT molecular complexity index is 682. The minimum atomic E-state index is 0.784. The van der Waals surface area contributed by atoms with Crippen LogP contribution in [-0.4, -0.2) is 24.2 Å². The van der Waals surface area contributed by atoms with Crippen molar-refractivity contribution >= 4 is 0 Å². The average molecular weight is 308 g/mol. The quantitative estimate of drug-likeness (QED) is 0.757. The molecule has 118 valence electrons. The van der Waals surface area contributed by atoms with Gasteiger partial charge in [0, 0.05) is 19.0 Å². The summed E-state index contributed by atoms with van der Waals surface area (Å²) in [6, 6.07) is 16.1. The molecule has 0 saturated carbocycles. The summed E-state index contributed by atoms with van der Waals surface area (Å²) in [5.74, 6) is 2.71. The molecule has 4 heteroatoms. The molecule has 1 N–H and O–H groups in total. The lowest BCUT2D eigenvalue weighted by Gasteiger charge is -2.02. The fraction of sp³-hybridized carbons (Fsp3) is 0.211. The largest absolute Gasteiger partial charge is 0.497 e. The predicted octanol–water partition coefficient (Wildman–Crippen LogP) is 3.61. The molecule has 0 amide bonds.